The monoisotopic (exact) mass is 342 g/mol. The molecule has 0 spiro atoms. The molecule has 0 saturated heterocycles. The van der Waals surface area contributed by atoms with Crippen LogP contribution in [0.5, 0.6) is 0 Å². The molecule has 3 rings (SSSR count). The number of hydrogen-bond donors (Lipinski definition) is 1. The molecule has 2 aromatic carbocycles. The number of aromatic nitrogens is 1. The summed E-state index contributed by atoms with van der Waals surface area (Å²) in [6, 6.07) is 17.3. The molecule has 1 aromatic heterocycles. The molecule has 3 heteroatoms. The van der Waals surface area contributed by atoms with Gasteiger partial charge in [-0.1, -0.05) is 46.3 Å². The number of para-hydroxylation sites is 1. The molecule has 0 aliphatic heterocycles. The first kappa shape index (κ1) is 14.4. The maximum Gasteiger partial charge on any atom is 0.0516 e. The number of halogens is 1. The Balaban J connectivity index is 2.02. The molecule has 0 radical (unpaired) electrons. The van der Waals surface area contributed by atoms with Gasteiger partial charge in [-0.3, -0.25) is 0 Å². The summed E-state index contributed by atoms with van der Waals surface area (Å²) in [5, 5.41) is 1.28. The summed E-state index contributed by atoms with van der Waals surface area (Å²) in [7, 11) is 0. The van der Waals surface area contributed by atoms with Crippen molar-refractivity contribution in [3.63, 3.8) is 0 Å². The van der Waals surface area contributed by atoms with Gasteiger partial charge in [0.2, 0.25) is 0 Å². The van der Waals surface area contributed by atoms with E-state index in [9.17, 15) is 0 Å². The molecule has 108 valence electrons. The van der Waals surface area contributed by atoms with E-state index in [4.69, 9.17) is 5.73 Å². The minimum atomic E-state index is 0.171. The second-order valence-electron chi connectivity index (χ2n) is 5.61. The Labute approximate surface area is 133 Å². The molecular formula is C18H19BrN2. The lowest BCUT2D eigenvalue weighted by atomic mass is 10.0. The Hall–Kier alpha value is -1.58. The Morgan fingerprint density at radius 2 is 1.95 bits per heavy atom. The topological polar surface area (TPSA) is 30.9 Å². The number of nitrogens with zero attached hydrogens (tertiary/aromatic N) is 1. The zero-order chi connectivity index (χ0) is 14.8. The molecule has 2 nitrogen and oxygen atoms in total. The van der Waals surface area contributed by atoms with Crippen LogP contribution in [0.3, 0.4) is 0 Å². The molecule has 1 heterocycles. The van der Waals surface area contributed by atoms with Crippen molar-refractivity contribution >= 4 is 26.8 Å². The molecule has 0 aliphatic carbocycles. The Kier molecular flexibility index (Phi) is 4.13. The molecule has 0 amide bonds. The zero-order valence-corrected chi connectivity index (χ0v) is 13.7. The predicted molar refractivity (Wildman–Crippen MR) is 92.5 cm³/mol. The number of fused-ring (bicyclic) bond motifs is 1. The second kappa shape index (κ2) is 6.04. The number of rotatable bonds is 4. The summed E-state index contributed by atoms with van der Waals surface area (Å²) in [6.07, 6.45) is 3.07. The van der Waals surface area contributed by atoms with E-state index in [1.165, 1.54) is 22.0 Å². The van der Waals surface area contributed by atoms with E-state index in [0.717, 1.165) is 17.4 Å². The fourth-order valence-corrected chi connectivity index (χ4v) is 3.26. The Bertz CT molecular complexity index is 759. The molecule has 0 saturated carbocycles. The van der Waals surface area contributed by atoms with Gasteiger partial charge in [0.1, 0.15) is 0 Å². The third-order valence-corrected chi connectivity index (χ3v) is 4.15. The second-order valence-corrected chi connectivity index (χ2v) is 6.53. The first-order valence-electron chi connectivity index (χ1n) is 7.20. The minimum Gasteiger partial charge on any atom is -0.343 e. The van der Waals surface area contributed by atoms with Crippen LogP contribution in [-0.4, -0.2) is 10.6 Å². The highest BCUT2D eigenvalue weighted by Crippen LogP contribution is 2.23. The molecule has 0 bridgehead atoms. The van der Waals surface area contributed by atoms with E-state index in [1.807, 2.05) is 0 Å². The average molecular weight is 343 g/mol. The largest absolute Gasteiger partial charge is 0.343 e. The summed E-state index contributed by atoms with van der Waals surface area (Å²) in [4.78, 5) is 0. The Morgan fingerprint density at radius 1 is 1.14 bits per heavy atom. The molecule has 1 atom stereocenters. The van der Waals surface area contributed by atoms with Gasteiger partial charge in [0.25, 0.3) is 0 Å². The molecule has 1 unspecified atom stereocenters. The standard InChI is InChI=1S/C18H19BrN2/c1-13(20)10-16-6-3-5-15-8-9-21(18(15)16)12-14-4-2-7-17(19)11-14/h2-9,11,13H,10,12,20H2,1H3. The molecule has 2 N–H and O–H groups in total. The summed E-state index contributed by atoms with van der Waals surface area (Å²) in [5.41, 5.74) is 9.90. The fourth-order valence-electron chi connectivity index (χ4n) is 2.82. The number of hydrogen-bond acceptors (Lipinski definition) is 1. The van der Waals surface area contributed by atoms with E-state index < -0.39 is 0 Å². The van der Waals surface area contributed by atoms with Gasteiger partial charge in [0.15, 0.2) is 0 Å². The van der Waals surface area contributed by atoms with E-state index >= 15 is 0 Å². The third-order valence-electron chi connectivity index (χ3n) is 3.66. The lowest BCUT2D eigenvalue weighted by molar-refractivity contribution is 0.735. The highest BCUT2D eigenvalue weighted by atomic mass is 79.9. The maximum atomic E-state index is 5.99. The van der Waals surface area contributed by atoms with Crippen LogP contribution in [0.15, 0.2) is 59.2 Å². The zero-order valence-electron chi connectivity index (χ0n) is 12.1. The van der Waals surface area contributed by atoms with Gasteiger partial charge in [-0.2, -0.15) is 0 Å². The molecular weight excluding hydrogens is 324 g/mol. The van der Waals surface area contributed by atoms with Gasteiger partial charge in [-0.05, 0) is 48.1 Å². The van der Waals surface area contributed by atoms with Crippen molar-refractivity contribution in [2.75, 3.05) is 0 Å². The van der Waals surface area contributed by atoms with Crippen molar-refractivity contribution in [3.8, 4) is 0 Å². The van der Waals surface area contributed by atoms with Crippen molar-refractivity contribution in [2.45, 2.75) is 25.9 Å². The van der Waals surface area contributed by atoms with Gasteiger partial charge in [-0.15, -0.1) is 0 Å². The van der Waals surface area contributed by atoms with Gasteiger partial charge in [0, 0.05) is 23.3 Å². The van der Waals surface area contributed by atoms with Crippen LogP contribution >= 0.6 is 15.9 Å². The van der Waals surface area contributed by atoms with Crippen LogP contribution < -0.4 is 5.73 Å². The first-order valence-corrected chi connectivity index (χ1v) is 7.99. The summed E-state index contributed by atoms with van der Waals surface area (Å²) in [6.45, 7) is 2.93. The fraction of sp³-hybridized carbons (Fsp3) is 0.222. The SMILES string of the molecule is CC(N)Cc1cccc2ccn(Cc3cccc(Br)c3)c12. The van der Waals surface area contributed by atoms with E-state index in [-0.39, 0.29) is 6.04 Å². The maximum absolute atomic E-state index is 5.99. The van der Waals surface area contributed by atoms with Crippen molar-refractivity contribution in [3.05, 3.63) is 70.3 Å². The third kappa shape index (κ3) is 3.20. The summed E-state index contributed by atoms with van der Waals surface area (Å²) < 4.78 is 3.43. The van der Waals surface area contributed by atoms with E-state index in [0.29, 0.717) is 0 Å². The van der Waals surface area contributed by atoms with Crippen molar-refractivity contribution < 1.29 is 0 Å². The summed E-state index contributed by atoms with van der Waals surface area (Å²) in [5.74, 6) is 0. The Morgan fingerprint density at radius 3 is 2.71 bits per heavy atom. The normalized spacial score (nSPS) is 12.7. The van der Waals surface area contributed by atoms with Gasteiger partial charge in [-0.25, -0.2) is 0 Å². The molecule has 0 fully saturated rings. The molecule has 21 heavy (non-hydrogen) atoms. The smallest absolute Gasteiger partial charge is 0.0516 e. The van der Waals surface area contributed by atoms with Crippen LogP contribution in [0.4, 0.5) is 0 Å². The lowest BCUT2D eigenvalue weighted by Gasteiger charge is -2.12. The summed E-state index contributed by atoms with van der Waals surface area (Å²) >= 11 is 3.54. The quantitative estimate of drug-likeness (QED) is 0.751. The van der Waals surface area contributed by atoms with Crippen LogP contribution in [0.1, 0.15) is 18.1 Å². The van der Waals surface area contributed by atoms with E-state index in [1.54, 1.807) is 0 Å². The van der Waals surface area contributed by atoms with Gasteiger partial charge >= 0.3 is 0 Å². The van der Waals surface area contributed by atoms with Crippen LogP contribution in [0, 0.1) is 0 Å². The predicted octanol–water partition coefficient (Wildman–Crippen LogP) is 4.34. The number of benzene rings is 2. The van der Waals surface area contributed by atoms with Crippen LogP contribution in [-0.2, 0) is 13.0 Å². The molecule has 0 aliphatic rings. The highest BCUT2D eigenvalue weighted by molar-refractivity contribution is 9.10. The molecule has 3 aromatic rings. The van der Waals surface area contributed by atoms with Crippen molar-refractivity contribution in [2.24, 2.45) is 5.73 Å². The van der Waals surface area contributed by atoms with Crippen LogP contribution in [0.25, 0.3) is 10.9 Å². The van der Waals surface area contributed by atoms with Crippen molar-refractivity contribution in [1.29, 1.82) is 0 Å². The van der Waals surface area contributed by atoms with Gasteiger partial charge < -0.3 is 10.3 Å². The van der Waals surface area contributed by atoms with Crippen molar-refractivity contribution in [1.82, 2.24) is 4.57 Å². The van der Waals surface area contributed by atoms with Gasteiger partial charge in [0.05, 0.1) is 5.52 Å². The average Bonchev–Trinajstić information content (AvgIpc) is 2.82. The lowest BCUT2D eigenvalue weighted by Crippen LogP contribution is -2.18. The number of nitrogens with two attached hydrogens (primary N) is 1. The van der Waals surface area contributed by atoms with Crippen LogP contribution in [0.2, 0.25) is 0 Å². The first-order chi connectivity index (χ1) is 10.1. The van der Waals surface area contributed by atoms with E-state index in [2.05, 4.69) is 82.1 Å². The highest BCUT2D eigenvalue weighted by Gasteiger charge is 2.08. The minimum absolute atomic E-state index is 0.171.